The Hall–Kier alpha value is -3.69. The second-order valence-corrected chi connectivity index (χ2v) is 5.86. The fourth-order valence-corrected chi connectivity index (χ4v) is 2.60. The summed E-state index contributed by atoms with van der Waals surface area (Å²) in [6, 6.07) is 11.0. The van der Waals surface area contributed by atoms with Crippen molar-refractivity contribution in [2.24, 2.45) is 0 Å². The molecule has 0 aliphatic rings. The van der Waals surface area contributed by atoms with Crippen LogP contribution in [0.15, 0.2) is 54.7 Å². The topological polar surface area (TPSA) is 90.1 Å². The Bertz CT molecular complexity index is 1040. The molecule has 0 atom stereocenters. The molecule has 1 aromatic heterocycles. The number of amides is 1. The number of alkyl halides is 3. The van der Waals surface area contributed by atoms with E-state index in [1.165, 1.54) is 0 Å². The minimum Gasteiger partial charge on any atom is -0.322 e. The zero-order valence-electron chi connectivity index (χ0n) is 14.4. The molecule has 3 aromatic rings. The number of carbonyl (C=O) groups is 1. The number of nitro benzene ring substituents is 1. The number of nitrogens with zero attached hydrogens (tertiary/aromatic N) is 3. The van der Waals surface area contributed by atoms with E-state index in [4.69, 9.17) is 0 Å². The molecule has 0 aliphatic heterocycles. The molecule has 0 spiro atoms. The molecule has 0 bridgehead atoms. The quantitative estimate of drug-likeness (QED) is 0.529. The minimum absolute atomic E-state index is 0.0622. The summed E-state index contributed by atoms with van der Waals surface area (Å²) in [7, 11) is 0. The maximum atomic E-state index is 13.7. The van der Waals surface area contributed by atoms with E-state index in [0.29, 0.717) is 15.9 Å². The van der Waals surface area contributed by atoms with Gasteiger partial charge in [-0.25, -0.2) is 4.68 Å². The van der Waals surface area contributed by atoms with E-state index < -0.39 is 28.3 Å². The summed E-state index contributed by atoms with van der Waals surface area (Å²) < 4.78 is 41.5. The van der Waals surface area contributed by atoms with Gasteiger partial charge in [-0.15, -0.1) is 0 Å². The Labute approximate surface area is 156 Å². The zero-order chi connectivity index (χ0) is 20.5. The fraction of sp³-hybridized carbons (Fsp3) is 0.111. The van der Waals surface area contributed by atoms with Crippen LogP contribution in [-0.2, 0) is 6.18 Å². The Kier molecular flexibility index (Phi) is 4.87. The van der Waals surface area contributed by atoms with Gasteiger partial charge in [0.15, 0.2) is 5.69 Å². The fourth-order valence-electron chi connectivity index (χ4n) is 2.60. The molecule has 7 nitrogen and oxygen atoms in total. The van der Waals surface area contributed by atoms with Crippen molar-refractivity contribution in [3.63, 3.8) is 0 Å². The summed E-state index contributed by atoms with van der Waals surface area (Å²) in [4.78, 5) is 22.5. The summed E-state index contributed by atoms with van der Waals surface area (Å²) >= 11 is 0. The van der Waals surface area contributed by atoms with Gasteiger partial charge in [-0.1, -0.05) is 18.2 Å². The number of non-ortho nitro benzene ring substituents is 1. The zero-order valence-corrected chi connectivity index (χ0v) is 14.4. The number of hydrogen-bond acceptors (Lipinski definition) is 4. The molecular weight excluding hydrogens is 377 g/mol. The molecule has 10 heteroatoms. The first kappa shape index (κ1) is 19.1. The van der Waals surface area contributed by atoms with Crippen molar-refractivity contribution in [2.45, 2.75) is 13.1 Å². The van der Waals surface area contributed by atoms with Crippen LogP contribution >= 0.6 is 0 Å². The van der Waals surface area contributed by atoms with Gasteiger partial charge >= 0.3 is 6.18 Å². The van der Waals surface area contributed by atoms with E-state index in [-0.39, 0.29) is 11.4 Å². The second-order valence-electron chi connectivity index (χ2n) is 5.86. The SMILES string of the molecule is Cc1ccccc1NC(=O)c1cnn(-c2ccc([N+](=O)[O-])cc2)c1C(F)(F)F. The van der Waals surface area contributed by atoms with Crippen molar-refractivity contribution in [1.29, 1.82) is 0 Å². The molecule has 1 N–H and O–H groups in total. The lowest BCUT2D eigenvalue weighted by Gasteiger charge is -2.13. The highest BCUT2D eigenvalue weighted by Crippen LogP contribution is 2.34. The van der Waals surface area contributed by atoms with Crippen molar-refractivity contribution in [1.82, 2.24) is 9.78 Å². The molecule has 0 unspecified atom stereocenters. The van der Waals surface area contributed by atoms with Crippen LogP contribution in [-0.4, -0.2) is 20.6 Å². The van der Waals surface area contributed by atoms with E-state index in [1.54, 1.807) is 31.2 Å². The van der Waals surface area contributed by atoms with Gasteiger partial charge in [0.1, 0.15) is 0 Å². The Morgan fingerprint density at radius 1 is 1.14 bits per heavy atom. The summed E-state index contributed by atoms with van der Waals surface area (Å²) in [6.07, 6.45) is -4.06. The highest BCUT2D eigenvalue weighted by Gasteiger charge is 2.40. The number of carbonyl (C=O) groups excluding carboxylic acids is 1. The Morgan fingerprint density at radius 3 is 2.36 bits per heavy atom. The van der Waals surface area contributed by atoms with Gasteiger partial charge in [0.05, 0.1) is 22.4 Å². The number of rotatable bonds is 4. The summed E-state index contributed by atoms with van der Waals surface area (Å²) in [5.41, 5.74) is -1.20. The molecule has 2 aromatic carbocycles. The molecule has 0 aliphatic carbocycles. The normalized spacial score (nSPS) is 11.3. The predicted molar refractivity (Wildman–Crippen MR) is 94.4 cm³/mol. The molecular formula is C18H13F3N4O3. The van der Waals surface area contributed by atoms with Gasteiger partial charge < -0.3 is 5.32 Å². The summed E-state index contributed by atoms with van der Waals surface area (Å²) in [5.74, 6) is -0.963. The molecule has 28 heavy (non-hydrogen) atoms. The first-order valence-electron chi connectivity index (χ1n) is 7.95. The molecule has 0 fully saturated rings. The van der Waals surface area contributed by atoms with Crippen molar-refractivity contribution >= 4 is 17.3 Å². The van der Waals surface area contributed by atoms with Gasteiger partial charge in [-0.05, 0) is 30.7 Å². The number of hydrogen-bond donors (Lipinski definition) is 1. The van der Waals surface area contributed by atoms with Crippen LogP contribution in [0.25, 0.3) is 5.69 Å². The van der Waals surface area contributed by atoms with Crippen molar-refractivity contribution in [2.75, 3.05) is 5.32 Å². The molecule has 1 amide bonds. The largest absolute Gasteiger partial charge is 0.434 e. The van der Waals surface area contributed by atoms with Crippen LogP contribution in [0.1, 0.15) is 21.6 Å². The molecule has 0 radical (unpaired) electrons. The average molecular weight is 390 g/mol. The van der Waals surface area contributed by atoms with E-state index in [1.807, 2.05) is 0 Å². The van der Waals surface area contributed by atoms with E-state index in [2.05, 4.69) is 10.4 Å². The number of nitrogens with one attached hydrogen (secondary N) is 1. The minimum atomic E-state index is -4.88. The number of anilines is 1. The summed E-state index contributed by atoms with van der Waals surface area (Å²) in [6.45, 7) is 1.71. The van der Waals surface area contributed by atoms with Gasteiger partial charge in [0, 0.05) is 17.8 Å². The lowest BCUT2D eigenvalue weighted by Crippen LogP contribution is -2.21. The third-order valence-electron chi connectivity index (χ3n) is 3.98. The first-order chi connectivity index (χ1) is 13.2. The van der Waals surface area contributed by atoms with E-state index in [9.17, 15) is 28.1 Å². The van der Waals surface area contributed by atoms with Crippen LogP contribution in [0.2, 0.25) is 0 Å². The number of halogens is 3. The average Bonchev–Trinajstić information content (AvgIpc) is 3.09. The highest BCUT2D eigenvalue weighted by molar-refractivity contribution is 6.05. The number of benzene rings is 2. The molecule has 0 saturated carbocycles. The maximum Gasteiger partial charge on any atom is 0.434 e. The molecule has 0 saturated heterocycles. The van der Waals surface area contributed by atoms with Crippen molar-refractivity contribution in [3.8, 4) is 5.69 Å². The van der Waals surface area contributed by atoms with E-state index >= 15 is 0 Å². The Balaban J connectivity index is 2.02. The van der Waals surface area contributed by atoms with Crippen LogP contribution < -0.4 is 5.32 Å². The second kappa shape index (κ2) is 7.14. The molecule has 3 rings (SSSR count). The Morgan fingerprint density at radius 2 is 1.79 bits per heavy atom. The number of nitro groups is 1. The van der Waals surface area contributed by atoms with Crippen molar-refractivity contribution < 1.29 is 22.9 Å². The number of aryl methyl sites for hydroxylation is 1. The maximum absolute atomic E-state index is 13.7. The smallest absolute Gasteiger partial charge is 0.322 e. The number of aromatic nitrogens is 2. The lowest BCUT2D eigenvalue weighted by atomic mass is 10.1. The lowest BCUT2D eigenvalue weighted by molar-refractivity contribution is -0.384. The third kappa shape index (κ3) is 3.70. The van der Waals surface area contributed by atoms with Crippen LogP contribution in [0.3, 0.4) is 0 Å². The van der Waals surface area contributed by atoms with Gasteiger partial charge in [0.2, 0.25) is 0 Å². The summed E-state index contributed by atoms with van der Waals surface area (Å²) in [5, 5.41) is 16.8. The van der Waals surface area contributed by atoms with Crippen molar-refractivity contribution in [3.05, 3.63) is 81.7 Å². The predicted octanol–water partition coefficient (Wildman–Crippen LogP) is 4.36. The molecule has 144 valence electrons. The third-order valence-corrected chi connectivity index (χ3v) is 3.98. The van der Waals surface area contributed by atoms with Gasteiger partial charge in [0.25, 0.3) is 11.6 Å². The van der Waals surface area contributed by atoms with Crippen LogP contribution in [0.5, 0.6) is 0 Å². The van der Waals surface area contributed by atoms with Gasteiger partial charge in [-0.3, -0.25) is 14.9 Å². The standard InChI is InChI=1S/C18H13F3N4O3/c1-11-4-2-3-5-15(11)23-17(26)14-10-22-24(16(14)18(19,20)21)12-6-8-13(9-7-12)25(27)28/h2-10H,1H3,(H,23,26). The van der Waals surface area contributed by atoms with Crippen LogP contribution in [0, 0.1) is 17.0 Å². The number of para-hydroxylation sites is 1. The monoisotopic (exact) mass is 390 g/mol. The molecule has 1 heterocycles. The van der Waals surface area contributed by atoms with E-state index in [0.717, 1.165) is 30.5 Å². The van der Waals surface area contributed by atoms with Gasteiger partial charge in [-0.2, -0.15) is 18.3 Å². The van der Waals surface area contributed by atoms with Crippen LogP contribution in [0.4, 0.5) is 24.5 Å². The highest BCUT2D eigenvalue weighted by atomic mass is 19.4. The first-order valence-corrected chi connectivity index (χ1v) is 7.95.